The van der Waals surface area contributed by atoms with E-state index in [0.29, 0.717) is 11.5 Å². The van der Waals surface area contributed by atoms with Gasteiger partial charge in [0, 0.05) is 23.5 Å². The molecule has 0 aliphatic carbocycles. The van der Waals surface area contributed by atoms with E-state index in [1.54, 1.807) is 0 Å². The van der Waals surface area contributed by atoms with Gasteiger partial charge in [-0.1, -0.05) is 0 Å². The Morgan fingerprint density at radius 3 is 2.39 bits per heavy atom. The van der Waals surface area contributed by atoms with Crippen LogP contribution >= 0.6 is 11.8 Å². The van der Waals surface area contributed by atoms with E-state index in [4.69, 9.17) is 5.11 Å². The summed E-state index contributed by atoms with van der Waals surface area (Å²) in [5.74, 6) is 0.178. The first kappa shape index (κ1) is 21.0. The SMILES string of the molecule is CC(C)(CS(=O)(=O)[O-])NC(=O)CCSCCO.[Na+]. The number of hydrogen-bond acceptors (Lipinski definition) is 6. The summed E-state index contributed by atoms with van der Waals surface area (Å²) < 4.78 is 31.8. The van der Waals surface area contributed by atoms with E-state index in [1.165, 1.54) is 25.6 Å². The Bertz CT molecular complexity index is 345. The predicted molar refractivity (Wildman–Crippen MR) is 65.8 cm³/mol. The van der Waals surface area contributed by atoms with Crippen molar-refractivity contribution in [3.63, 3.8) is 0 Å². The Morgan fingerprint density at radius 2 is 1.94 bits per heavy atom. The molecule has 6 nitrogen and oxygen atoms in total. The molecule has 0 aromatic heterocycles. The Balaban J connectivity index is 0. The third kappa shape index (κ3) is 13.1. The predicted octanol–water partition coefficient (Wildman–Crippen LogP) is -3.45. The molecule has 102 valence electrons. The van der Waals surface area contributed by atoms with Crippen molar-refractivity contribution in [2.75, 3.05) is 23.9 Å². The zero-order chi connectivity index (χ0) is 13.5. The van der Waals surface area contributed by atoms with Crippen LogP contribution in [0, 0.1) is 0 Å². The van der Waals surface area contributed by atoms with Gasteiger partial charge in [-0.2, -0.15) is 11.8 Å². The van der Waals surface area contributed by atoms with E-state index in [1.807, 2.05) is 0 Å². The minimum Gasteiger partial charge on any atom is -0.748 e. The Morgan fingerprint density at radius 1 is 1.39 bits per heavy atom. The van der Waals surface area contributed by atoms with Crippen LogP contribution in [0.2, 0.25) is 0 Å². The number of nitrogens with one attached hydrogen (secondary N) is 1. The number of aliphatic hydroxyl groups is 1. The number of aliphatic hydroxyl groups excluding tert-OH is 1. The standard InChI is InChI=1S/C9H19NO5S2.Na/c1-9(2,7-17(13,14)15)10-8(12)3-5-16-6-4-11;/h11H,3-7H2,1-2H3,(H,10,12)(H,13,14,15);/q;+1/p-1. The Labute approximate surface area is 134 Å². The second-order valence-electron chi connectivity index (χ2n) is 4.22. The molecule has 18 heavy (non-hydrogen) atoms. The quantitative estimate of drug-likeness (QED) is 0.274. The summed E-state index contributed by atoms with van der Waals surface area (Å²) in [6, 6.07) is 0. The van der Waals surface area contributed by atoms with E-state index in [0.717, 1.165) is 0 Å². The van der Waals surface area contributed by atoms with Crippen molar-refractivity contribution >= 4 is 27.8 Å². The minimum absolute atomic E-state index is 0. The van der Waals surface area contributed by atoms with Crippen LogP contribution in [0.4, 0.5) is 0 Å². The summed E-state index contributed by atoms with van der Waals surface area (Å²) in [6.45, 7) is 3.04. The van der Waals surface area contributed by atoms with E-state index in [-0.39, 0.29) is 48.5 Å². The summed E-state index contributed by atoms with van der Waals surface area (Å²) in [5.41, 5.74) is -1.06. The number of rotatable bonds is 8. The van der Waals surface area contributed by atoms with Gasteiger partial charge < -0.3 is 15.0 Å². The first-order chi connectivity index (χ1) is 7.66. The van der Waals surface area contributed by atoms with Gasteiger partial charge in [-0.25, -0.2) is 8.42 Å². The van der Waals surface area contributed by atoms with Crippen molar-refractivity contribution in [2.24, 2.45) is 0 Å². The fourth-order valence-corrected chi connectivity index (χ4v) is 2.87. The molecule has 0 radical (unpaired) electrons. The van der Waals surface area contributed by atoms with Crippen LogP contribution < -0.4 is 34.9 Å². The van der Waals surface area contributed by atoms with Crippen LogP contribution in [-0.4, -0.2) is 53.4 Å². The van der Waals surface area contributed by atoms with Crippen LogP contribution in [0.15, 0.2) is 0 Å². The van der Waals surface area contributed by atoms with E-state index in [2.05, 4.69) is 5.32 Å². The van der Waals surface area contributed by atoms with Gasteiger partial charge in [-0.3, -0.25) is 4.79 Å². The molecule has 0 fully saturated rings. The average molecular weight is 307 g/mol. The molecular formula is C9H18NNaO5S2. The molecule has 0 bridgehead atoms. The first-order valence-corrected chi connectivity index (χ1v) is 7.83. The molecule has 2 N–H and O–H groups in total. The van der Waals surface area contributed by atoms with Gasteiger partial charge in [0.2, 0.25) is 5.91 Å². The number of hydrogen-bond donors (Lipinski definition) is 2. The molecule has 0 aromatic carbocycles. The topological polar surface area (TPSA) is 107 Å². The van der Waals surface area contributed by atoms with Crippen LogP contribution in [0.1, 0.15) is 20.3 Å². The summed E-state index contributed by atoms with van der Waals surface area (Å²) in [5, 5.41) is 11.0. The van der Waals surface area contributed by atoms with Gasteiger partial charge in [0.05, 0.1) is 22.5 Å². The Hall–Kier alpha value is 0.690. The van der Waals surface area contributed by atoms with Gasteiger partial charge >= 0.3 is 29.6 Å². The smallest absolute Gasteiger partial charge is 0.748 e. The molecule has 9 heteroatoms. The van der Waals surface area contributed by atoms with Crippen LogP contribution in [0.3, 0.4) is 0 Å². The largest absolute Gasteiger partial charge is 1.00 e. The molecule has 0 atom stereocenters. The summed E-state index contributed by atoms with van der Waals surface area (Å²) in [4.78, 5) is 11.4. The van der Waals surface area contributed by atoms with Gasteiger partial charge in [0.15, 0.2) is 0 Å². The summed E-state index contributed by atoms with van der Waals surface area (Å²) in [7, 11) is -4.36. The Kier molecular flexibility index (Phi) is 11.2. The molecule has 0 rings (SSSR count). The van der Waals surface area contributed by atoms with Crippen molar-refractivity contribution < 1.29 is 52.4 Å². The molecule has 0 aromatic rings. The zero-order valence-corrected chi connectivity index (χ0v) is 14.6. The van der Waals surface area contributed by atoms with E-state index >= 15 is 0 Å². The second-order valence-corrected chi connectivity index (χ2v) is 6.85. The number of carbonyl (C=O) groups excluding carboxylic acids is 1. The zero-order valence-electron chi connectivity index (χ0n) is 10.9. The van der Waals surface area contributed by atoms with Crippen molar-refractivity contribution in [3.05, 3.63) is 0 Å². The molecule has 0 saturated carbocycles. The average Bonchev–Trinajstić information content (AvgIpc) is 2.07. The third-order valence-electron chi connectivity index (χ3n) is 1.72. The number of amides is 1. The molecule has 0 aliphatic heterocycles. The van der Waals surface area contributed by atoms with E-state index < -0.39 is 21.4 Å². The fraction of sp³-hybridized carbons (Fsp3) is 0.889. The molecule has 0 unspecified atom stereocenters. The van der Waals surface area contributed by atoms with E-state index in [9.17, 15) is 17.8 Å². The molecule has 0 heterocycles. The molecular weight excluding hydrogens is 289 g/mol. The van der Waals surface area contributed by atoms with Crippen molar-refractivity contribution in [1.82, 2.24) is 5.32 Å². The molecule has 0 spiro atoms. The van der Waals surface area contributed by atoms with Gasteiger partial charge in [-0.15, -0.1) is 0 Å². The fourth-order valence-electron chi connectivity index (χ4n) is 1.25. The minimum atomic E-state index is -4.36. The monoisotopic (exact) mass is 307 g/mol. The molecule has 0 saturated heterocycles. The normalized spacial score (nSPS) is 11.8. The summed E-state index contributed by atoms with van der Waals surface area (Å²) >= 11 is 1.43. The second kappa shape index (κ2) is 9.57. The maximum Gasteiger partial charge on any atom is 1.00 e. The third-order valence-corrected chi connectivity index (χ3v) is 3.76. The van der Waals surface area contributed by atoms with Crippen molar-refractivity contribution in [2.45, 2.75) is 25.8 Å². The van der Waals surface area contributed by atoms with Crippen LogP contribution in [0.5, 0.6) is 0 Å². The maximum absolute atomic E-state index is 11.4. The maximum atomic E-state index is 11.4. The van der Waals surface area contributed by atoms with Crippen molar-refractivity contribution in [3.8, 4) is 0 Å². The molecule has 0 aliphatic rings. The number of thioether (sulfide) groups is 1. The molecule has 1 amide bonds. The van der Waals surface area contributed by atoms with Gasteiger partial charge in [0.25, 0.3) is 0 Å². The summed E-state index contributed by atoms with van der Waals surface area (Å²) in [6.07, 6.45) is 0.229. The first-order valence-electron chi connectivity index (χ1n) is 5.09. The van der Waals surface area contributed by atoms with Gasteiger partial charge in [-0.05, 0) is 13.8 Å². The van der Waals surface area contributed by atoms with Crippen LogP contribution in [0.25, 0.3) is 0 Å². The van der Waals surface area contributed by atoms with Crippen molar-refractivity contribution in [1.29, 1.82) is 0 Å². The van der Waals surface area contributed by atoms with Crippen LogP contribution in [-0.2, 0) is 14.9 Å². The number of carbonyl (C=O) groups is 1. The van der Waals surface area contributed by atoms with Gasteiger partial charge in [0.1, 0.15) is 0 Å².